The fourth-order valence-electron chi connectivity index (χ4n) is 2.62. The first-order valence-corrected chi connectivity index (χ1v) is 6.60. The van der Waals surface area contributed by atoms with Crippen LogP contribution >= 0.6 is 0 Å². The lowest BCUT2D eigenvalue weighted by Crippen LogP contribution is -2.02. The van der Waals surface area contributed by atoms with Gasteiger partial charge in [0, 0.05) is 11.5 Å². The van der Waals surface area contributed by atoms with Crippen LogP contribution in [0, 0.1) is 6.92 Å². The molecule has 0 bridgehead atoms. The van der Waals surface area contributed by atoms with Crippen LogP contribution in [0.25, 0.3) is 0 Å². The van der Waals surface area contributed by atoms with Crippen molar-refractivity contribution in [2.45, 2.75) is 25.7 Å². The average molecular weight is 238 g/mol. The van der Waals surface area contributed by atoms with Gasteiger partial charge in [0.1, 0.15) is 5.75 Å². The lowest BCUT2D eigenvalue weighted by Gasteiger charge is -2.09. The number of rotatable bonds is 3. The Bertz CT molecular complexity index is 531. The molecule has 1 unspecified atom stereocenters. The molecule has 0 radical (unpaired) electrons. The van der Waals surface area contributed by atoms with E-state index >= 15 is 0 Å². The van der Waals surface area contributed by atoms with E-state index in [4.69, 9.17) is 4.74 Å². The van der Waals surface area contributed by atoms with Crippen molar-refractivity contribution in [2.24, 2.45) is 0 Å². The predicted molar refractivity (Wildman–Crippen MR) is 74.2 cm³/mol. The molecule has 2 aromatic rings. The molecule has 1 nitrogen and oxygen atoms in total. The normalized spacial score (nSPS) is 17.3. The molecule has 92 valence electrons. The molecular formula is C17H18O. The molecule has 18 heavy (non-hydrogen) atoms. The molecule has 3 rings (SSSR count). The maximum Gasteiger partial charge on any atom is 0.122 e. The topological polar surface area (TPSA) is 9.23 Å². The Morgan fingerprint density at radius 1 is 1.11 bits per heavy atom. The molecular weight excluding hydrogens is 220 g/mol. The largest absolute Gasteiger partial charge is 0.493 e. The van der Waals surface area contributed by atoms with Gasteiger partial charge in [0.05, 0.1) is 6.61 Å². The van der Waals surface area contributed by atoms with Crippen molar-refractivity contribution >= 4 is 0 Å². The van der Waals surface area contributed by atoms with E-state index in [1.807, 2.05) is 0 Å². The second-order valence-electron chi connectivity index (χ2n) is 5.07. The number of aryl methyl sites for hydroxylation is 2. The zero-order valence-electron chi connectivity index (χ0n) is 10.7. The fraction of sp³-hybridized carbons (Fsp3) is 0.294. The highest BCUT2D eigenvalue weighted by Crippen LogP contribution is 2.36. The minimum Gasteiger partial charge on any atom is -0.493 e. The summed E-state index contributed by atoms with van der Waals surface area (Å²) >= 11 is 0. The summed E-state index contributed by atoms with van der Waals surface area (Å²) in [6.45, 7) is 2.98. The molecule has 0 saturated carbocycles. The van der Waals surface area contributed by atoms with E-state index in [9.17, 15) is 0 Å². The van der Waals surface area contributed by atoms with Gasteiger partial charge in [0.2, 0.25) is 0 Å². The van der Waals surface area contributed by atoms with Crippen LogP contribution in [-0.4, -0.2) is 6.61 Å². The molecule has 0 aliphatic carbocycles. The Balaban J connectivity index is 1.71. The third-order valence-corrected chi connectivity index (χ3v) is 3.67. The van der Waals surface area contributed by atoms with Gasteiger partial charge in [0.25, 0.3) is 0 Å². The van der Waals surface area contributed by atoms with Crippen molar-refractivity contribution in [3.8, 4) is 5.75 Å². The molecule has 0 fully saturated rings. The first kappa shape index (κ1) is 11.3. The molecule has 2 aromatic carbocycles. The van der Waals surface area contributed by atoms with E-state index in [0.29, 0.717) is 5.92 Å². The second kappa shape index (κ2) is 4.85. The van der Waals surface area contributed by atoms with Gasteiger partial charge in [-0.1, -0.05) is 48.0 Å². The van der Waals surface area contributed by atoms with Gasteiger partial charge < -0.3 is 4.74 Å². The van der Waals surface area contributed by atoms with Crippen molar-refractivity contribution in [1.82, 2.24) is 0 Å². The summed E-state index contributed by atoms with van der Waals surface area (Å²) in [5.74, 6) is 1.64. The van der Waals surface area contributed by atoms with E-state index in [-0.39, 0.29) is 0 Å². The molecule has 1 heterocycles. The van der Waals surface area contributed by atoms with Crippen LogP contribution in [0.2, 0.25) is 0 Å². The zero-order valence-corrected chi connectivity index (χ0v) is 10.7. The predicted octanol–water partition coefficient (Wildman–Crippen LogP) is 4.10. The summed E-state index contributed by atoms with van der Waals surface area (Å²) in [6.07, 6.45) is 2.29. The van der Waals surface area contributed by atoms with E-state index in [1.54, 1.807) is 0 Å². The Kier molecular flexibility index (Phi) is 3.06. The summed E-state index contributed by atoms with van der Waals surface area (Å²) < 4.78 is 5.75. The standard InChI is InChI=1S/C17H18O/c1-13-7-10-17-16(11-13)15(12-18-17)9-8-14-5-3-2-4-6-14/h2-7,10-11,15H,8-9,12H2,1H3. The SMILES string of the molecule is Cc1ccc2c(c1)C(CCc1ccccc1)CO2. The van der Waals surface area contributed by atoms with Crippen LogP contribution in [0.15, 0.2) is 48.5 Å². The van der Waals surface area contributed by atoms with E-state index in [0.717, 1.165) is 18.8 Å². The third-order valence-electron chi connectivity index (χ3n) is 3.67. The summed E-state index contributed by atoms with van der Waals surface area (Å²) in [5, 5.41) is 0. The Morgan fingerprint density at radius 2 is 1.94 bits per heavy atom. The Morgan fingerprint density at radius 3 is 2.78 bits per heavy atom. The van der Waals surface area contributed by atoms with E-state index in [2.05, 4.69) is 55.5 Å². The molecule has 1 heteroatoms. The van der Waals surface area contributed by atoms with E-state index < -0.39 is 0 Å². The minimum atomic E-state index is 0.556. The van der Waals surface area contributed by atoms with Gasteiger partial charge in [-0.2, -0.15) is 0 Å². The Hall–Kier alpha value is -1.76. The molecule has 0 amide bonds. The summed E-state index contributed by atoms with van der Waals surface area (Å²) in [6, 6.07) is 17.2. The van der Waals surface area contributed by atoms with Crippen LogP contribution in [-0.2, 0) is 6.42 Å². The first-order chi connectivity index (χ1) is 8.83. The van der Waals surface area contributed by atoms with Crippen molar-refractivity contribution in [3.05, 3.63) is 65.2 Å². The molecule has 0 saturated heterocycles. The van der Waals surface area contributed by atoms with Crippen molar-refractivity contribution in [1.29, 1.82) is 0 Å². The van der Waals surface area contributed by atoms with Gasteiger partial charge in [-0.3, -0.25) is 0 Å². The van der Waals surface area contributed by atoms with Gasteiger partial charge in [-0.05, 0) is 31.4 Å². The van der Waals surface area contributed by atoms with Crippen molar-refractivity contribution in [2.75, 3.05) is 6.61 Å². The number of ether oxygens (including phenoxy) is 1. The molecule has 1 aliphatic heterocycles. The lowest BCUT2D eigenvalue weighted by molar-refractivity contribution is 0.325. The van der Waals surface area contributed by atoms with Gasteiger partial charge in [-0.15, -0.1) is 0 Å². The van der Waals surface area contributed by atoms with Crippen LogP contribution in [0.4, 0.5) is 0 Å². The number of benzene rings is 2. The molecule has 0 aromatic heterocycles. The minimum absolute atomic E-state index is 0.556. The first-order valence-electron chi connectivity index (χ1n) is 6.60. The summed E-state index contributed by atoms with van der Waals surface area (Å²) in [5.41, 5.74) is 4.13. The van der Waals surface area contributed by atoms with Crippen LogP contribution < -0.4 is 4.74 Å². The molecule has 0 N–H and O–H groups in total. The van der Waals surface area contributed by atoms with Crippen LogP contribution in [0.1, 0.15) is 29.0 Å². The smallest absolute Gasteiger partial charge is 0.122 e. The third kappa shape index (κ3) is 2.26. The van der Waals surface area contributed by atoms with Crippen molar-refractivity contribution < 1.29 is 4.74 Å². The highest BCUT2D eigenvalue weighted by Gasteiger charge is 2.23. The second-order valence-corrected chi connectivity index (χ2v) is 5.07. The zero-order chi connectivity index (χ0) is 12.4. The molecule has 0 spiro atoms. The van der Waals surface area contributed by atoms with Gasteiger partial charge in [-0.25, -0.2) is 0 Å². The van der Waals surface area contributed by atoms with Crippen LogP contribution in [0.5, 0.6) is 5.75 Å². The van der Waals surface area contributed by atoms with Gasteiger partial charge >= 0.3 is 0 Å². The van der Waals surface area contributed by atoms with Crippen LogP contribution in [0.3, 0.4) is 0 Å². The van der Waals surface area contributed by atoms with E-state index in [1.165, 1.54) is 23.1 Å². The van der Waals surface area contributed by atoms with Gasteiger partial charge in [0.15, 0.2) is 0 Å². The quantitative estimate of drug-likeness (QED) is 0.782. The van der Waals surface area contributed by atoms with Crippen molar-refractivity contribution in [3.63, 3.8) is 0 Å². The maximum absolute atomic E-state index is 5.75. The molecule has 1 atom stereocenters. The Labute approximate surface area is 108 Å². The number of hydrogen-bond acceptors (Lipinski definition) is 1. The number of fused-ring (bicyclic) bond motifs is 1. The highest BCUT2D eigenvalue weighted by molar-refractivity contribution is 5.42. The number of hydrogen-bond donors (Lipinski definition) is 0. The highest BCUT2D eigenvalue weighted by atomic mass is 16.5. The summed E-state index contributed by atoms with van der Waals surface area (Å²) in [7, 11) is 0. The molecule has 1 aliphatic rings. The average Bonchev–Trinajstić information content (AvgIpc) is 2.80. The maximum atomic E-state index is 5.75. The summed E-state index contributed by atoms with van der Waals surface area (Å²) in [4.78, 5) is 0. The fourth-order valence-corrected chi connectivity index (χ4v) is 2.62. The monoisotopic (exact) mass is 238 g/mol. The lowest BCUT2D eigenvalue weighted by atomic mass is 9.93.